The molecule has 14 heavy (non-hydrogen) atoms. The Bertz CT molecular complexity index is 504. The van der Waals surface area contributed by atoms with Crippen molar-refractivity contribution in [1.29, 1.82) is 0 Å². The van der Waals surface area contributed by atoms with Crippen molar-refractivity contribution in [2.45, 2.75) is 0 Å². The first kappa shape index (κ1) is 11.0. The molecule has 0 fully saturated rings. The van der Waals surface area contributed by atoms with Gasteiger partial charge in [0, 0.05) is 5.69 Å². The van der Waals surface area contributed by atoms with E-state index in [2.05, 4.69) is 0 Å². The molecule has 0 aliphatic heterocycles. The van der Waals surface area contributed by atoms with Crippen molar-refractivity contribution in [3.63, 3.8) is 0 Å². The van der Waals surface area contributed by atoms with Crippen LogP contribution in [0.4, 0.5) is 5.69 Å². The highest BCUT2D eigenvalue weighted by molar-refractivity contribution is 8.65. The van der Waals surface area contributed by atoms with Crippen LogP contribution in [0.3, 0.4) is 0 Å². The van der Waals surface area contributed by atoms with Crippen LogP contribution in [0, 0.1) is 0 Å². The molecule has 0 aliphatic rings. The quantitative estimate of drug-likeness (QED) is 0.579. The predicted molar refractivity (Wildman–Crippen MR) is 50.5 cm³/mol. The van der Waals surface area contributed by atoms with E-state index < -0.39 is 18.2 Å². The first-order valence-corrected chi connectivity index (χ1v) is 6.82. The molecule has 1 aromatic carbocycles. The average Bonchev–Trinajstić information content (AvgIpc) is 2.03. The molecule has 1 rings (SSSR count). The van der Waals surface area contributed by atoms with Gasteiger partial charge >= 0.3 is 18.2 Å². The smallest absolute Gasteiger partial charge is 0.272 e. The normalized spacial score (nSPS) is 12.4. The summed E-state index contributed by atoms with van der Waals surface area (Å²) >= 11 is 0. The van der Waals surface area contributed by atoms with E-state index in [0.29, 0.717) is 0 Å². The van der Waals surface area contributed by atoms with Gasteiger partial charge in [0.1, 0.15) is 0 Å². The molecule has 0 amide bonds. The maximum absolute atomic E-state index is 10.9. The molecule has 0 bridgehead atoms. The third-order valence-corrected chi connectivity index (χ3v) is 4.25. The monoisotopic (exact) mass is 237 g/mol. The molecule has 0 aliphatic carbocycles. The van der Waals surface area contributed by atoms with Gasteiger partial charge in [-0.05, 0) is 12.1 Å². The molecule has 0 aromatic heterocycles. The van der Waals surface area contributed by atoms with Crippen molar-refractivity contribution in [3.05, 3.63) is 30.3 Å². The lowest BCUT2D eigenvalue weighted by molar-refractivity contribution is 0.493. The van der Waals surface area contributed by atoms with E-state index in [9.17, 15) is 16.8 Å². The molecular weight excluding hydrogens is 230 g/mol. The summed E-state index contributed by atoms with van der Waals surface area (Å²) in [4.78, 5) is 0. The first-order valence-electron chi connectivity index (χ1n) is 3.38. The van der Waals surface area contributed by atoms with E-state index in [4.69, 9.17) is 4.55 Å². The summed E-state index contributed by atoms with van der Waals surface area (Å²) in [7, 11) is -9.91. The highest BCUT2D eigenvalue weighted by atomic mass is 33.2. The molecule has 0 saturated carbocycles. The second kappa shape index (κ2) is 3.56. The highest BCUT2D eigenvalue weighted by Gasteiger charge is 2.26. The molecule has 6 nitrogen and oxygen atoms in total. The van der Waals surface area contributed by atoms with Crippen molar-refractivity contribution in [1.82, 2.24) is 0 Å². The van der Waals surface area contributed by atoms with Gasteiger partial charge in [0.05, 0.1) is 0 Å². The summed E-state index contributed by atoms with van der Waals surface area (Å²) in [5, 5.41) is 0. The van der Waals surface area contributed by atoms with Crippen molar-refractivity contribution in [3.8, 4) is 0 Å². The number of nitrogens with one attached hydrogen (secondary N) is 1. The first-order chi connectivity index (χ1) is 6.33. The molecular formula is C6H7NO5S2. The molecule has 0 spiro atoms. The number of benzene rings is 1. The van der Waals surface area contributed by atoms with Gasteiger partial charge in [-0.25, -0.2) is 0 Å². The molecule has 0 atom stereocenters. The maximum atomic E-state index is 10.9. The zero-order valence-electron chi connectivity index (χ0n) is 6.78. The zero-order chi connectivity index (χ0) is 10.8. The Hall–Kier alpha value is -1.12. The minimum Gasteiger partial charge on any atom is -0.272 e. The highest BCUT2D eigenvalue weighted by Crippen LogP contribution is 2.10. The molecule has 0 radical (unpaired) electrons. The summed E-state index contributed by atoms with van der Waals surface area (Å²) in [5.41, 5.74) is 0.0603. The Morgan fingerprint density at radius 1 is 1.00 bits per heavy atom. The number of rotatable bonds is 3. The lowest BCUT2D eigenvalue weighted by Crippen LogP contribution is -2.22. The summed E-state index contributed by atoms with van der Waals surface area (Å²) in [6, 6.07) is 7.36. The van der Waals surface area contributed by atoms with Gasteiger partial charge in [-0.3, -0.25) is 9.27 Å². The maximum Gasteiger partial charge on any atom is 0.391 e. The second-order valence-corrected chi connectivity index (χ2v) is 6.90. The molecule has 0 heterocycles. The van der Waals surface area contributed by atoms with Crippen LogP contribution in [0.5, 0.6) is 0 Å². The summed E-state index contributed by atoms with van der Waals surface area (Å²) < 4.78 is 52.5. The molecule has 1 aromatic rings. The minimum absolute atomic E-state index is 0.0603. The van der Waals surface area contributed by atoms with E-state index in [-0.39, 0.29) is 5.69 Å². The predicted octanol–water partition coefficient (Wildman–Crippen LogP) is 0.231. The largest absolute Gasteiger partial charge is 0.391 e. The van der Waals surface area contributed by atoms with Crippen molar-refractivity contribution in [2.24, 2.45) is 0 Å². The van der Waals surface area contributed by atoms with E-state index in [1.54, 1.807) is 10.8 Å². The standard InChI is InChI=1S/C6H7NO5S2/c8-13(9,14(10,11)12)7-6-4-2-1-3-5-6/h1-5,7H,(H,10,11,12). The van der Waals surface area contributed by atoms with Gasteiger partial charge in [-0.2, -0.15) is 16.8 Å². The molecule has 2 N–H and O–H groups in total. The van der Waals surface area contributed by atoms with Crippen LogP contribution in [0.1, 0.15) is 0 Å². The molecule has 0 saturated heterocycles. The van der Waals surface area contributed by atoms with Crippen LogP contribution < -0.4 is 4.72 Å². The van der Waals surface area contributed by atoms with Crippen LogP contribution in [-0.2, 0) is 18.2 Å². The van der Waals surface area contributed by atoms with Crippen molar-refractivity contribution >= 4 is 23.9 Å². The third-order valence-electron chi connectivity index (χ3n) is 1.29. The molecule has 8 heteroatoms. The molecule has 78 valence electrons. The minimum atomic E-state index is -5.14. The van der Waals surface area contributed by atoms with Gasteiger partial charge in [0.2, 0.25) is 0 Å². The molecule has 0 unspecified atom stereocenters. The number of anilines is 1. The lowest BCUT2D eigenvalue weighted by Gasteiger charge is -2.03. The number of para-hydroxylation sites is 1. The van der Waals surface area contributed by atoms with Gasteiger partial charge in [-0.15, -0.1) is 0 Å². The van der Waals surface area contributed by atoms with Gasteiger partial charge < -0.3 is 0 Å². The third kappa shape index (κ3) is 2.44. The second-order valence-electron chi connectivity index (χ2n) is 2.35. The fourth-order valence-corrected chi connectivity index (χ4v) is 1.84. The Labute approximate surface area is 80.8 Å². The summed E-state index contributed by atoms with van der Waals surface area (Å²) in [5.74, 6) is 0. The van der Waals surface area contributed by atoms with Gasteiger partial charge in [0.15, 0.2) is 0 Å². The van der Waals surface area contributed by atoms with E-state index in [0.717, 1.165) is 0 Å². The fraction of sp³-hybridized carbons (Fsp3) is 0. The van der Waals surface area contributed by atoms with Crippen LogP contribution in [0.25, 0.3) is 0 Å². The van der Waals surface area contributed by atoms with E-state index in [1.165, 1.54) is 24.3 Å². The van der Waals surface area contributed by atoms with Crippen LogP contribution in [0.15, 0.2) is 30.3 Å². The Balaban J connectivity index is 3.03. The fourth-order valence-electron chi connectivity index (χ4n) is 0.703. The van der Waals surface area contributed by atoms with Gasteiger partial charge in [0.25, 0.3) is 0 Å². The topological polar surface area (TPSA) is 101 Å². The lowest BCUT2D eigenvalue weighted by atomic mass is 10.3. The van der Waals surface area contributed by atoms with Crippen molar-refractivity contribution in [2.75, 3.05) is 4.72 Å². The van der Waals surface area contributed by atoms with Crippen LogP contribution in [0.2, 0.25) is 0 Å². The van der Waals surface area contributed by atoms with Gasteiger partial charge in [-0.1, -0.05) is 18.2 Å². The number of hydrogen-bond acceptors (Lipinski definition) is 4. The van der Waals surface area contributed by atoms with Crippen LogP contribution >= 0.6 is 0 Å². The number of hydrogen-bond donors (Lipinski definition) is 2. The van der Waals surface area contributed by atoms with Crippen LogP contribution in [-0.4, -0.2) is 21.4 Å². The average molecular weight is 237 g/mol. The summed E-state index contributed by atoms with van der Waals surface area (Å²) in [6.07, 6.45) is 0. The SMILES string of the molecule is O=S(=O)(O)S(=O)(=O)Nc1ccccc1. The Morgan fingerprint density at radius 3 is 1.93 bits per heavy atom. The Kier molecular flexibility index (Phi) is 2.79. The Morgan fingerprint density at radius 2 is 1.50 bits per heavy atom. The van der Waals surface area contributed by atoms with Crippen molar-refractivity contribution < 1.29 is 21.4 Å². The van der Waals surface area contributed by atoms with E-state index >= 15 is 0 Å². The zero-order valence-corrected chi connectivity index (χ0v) is 8.42. The van der Waals surface area contributed by atoms with E-state index in [1.807, 2.05) is 0 Å². The summed E-state index contributed by atoms with van der Waals surface area (Å²) in [6.45, 7) is 0.